The number of likely N-dealkylation sites (tertiary alicyclic amines) is 1. The summed E-state index contributed by atoms with van der Waals surface area (Å²) in [6, 6.07) is 12.5. The van der Waals surface area contributed by atoms with E-state index in [1.807, 2.05) is 42.7 Å². The Morgan fingerprint density at radius 2 is 2.02 bits per heavy atom. The number of nitrogens with zero attached hydrogens (tertiary/aromatic N) is 7. The van der Waals surface area contributed by atoms with E-state index in [1.165, 1.54) is 0 Å². The van der Waals surface area contributed by atoms with Gasteiger partial charge in [-0.15, -0.1) is 0 Å². The van der Waals surface area contributed by atoms with Gasteiger partial charge >= 0.3 is 0 Å². The summed E-state index contributed by atoms with van der Waals surface area (Å²) >= 11 is 0. The summed E-state index contributed by atoms with van der Waals surface area (Å²) in [6.45, 7) is 7.77. The quantitative estimate of drug-likeness (QED) is 0.362. The summed E-state index contributed by atoms with van der Waals surface area (Å²) in [6.07, 6.45) is 6.99. The Balaban J connectivity index is 1.26. The number of nitrogens with two attached hydrogens (primary N) is 1. The average molecular weight is 549 g/mol. The Morgan fingerprint density at radius 3 is 2.68 bits per heavy atom. The third-order valence-corrected chi connectivity index (χ3v) is 7.76. The molecule has 3 atom stereocenters. The molecule has 0 bridgehead atoms. The van der Waals surface area contributed by atoms with E-state index in [4.69, 9.17) is 15.5 Å². The molecule has 2 saturated heterocycles. The average Bonchev–Trinajstić information content (AvgIpc) is 3.41. The number of aliphatic hydroxyl groups is 1. The summed E-state index contributed by atoms with van der Waals surface area (Å²) < 4.78 is 6.84. The fourth-order valence-corrected chi connectivity index (χ4v) is 5.94. The van der Waals surface area contributed by atoms with Gasteiger partial charge in [0.25, 0.3) is 0 Å². The topological polar surface area (TPSA) is 129 Å². The van der Waals surface area contributed by atoms with E-state index in [0.717, 1.165) is 42.1 Å². The maximum atomic E-state index is 10.1. The van der Waals surface area contributed by atoms with Gasteiger partial charge in [-0.1, -0.05) is 17.9 Å². The van der Waals surface area contributed by atoms with Crippen LogP contribution in [-0.2, 0) is 6.54 Å². The molecule has 1 unspecified atom stereocenters. The second-order valence-corrected chi connectivity index (χ2v) is 11.6. The van der Waals surface area contributed by atoms with Gasteiger partial charge in [0.05, 0.1) is 30.4 Å². The highest BCUT2D eigenvalue weighted by Gasteiger charge is 2.57. The SMILES string of the molecule is COc1ccc(CN2CC(C)(N)[C@H]3[C@@H]2CN3c2ccc(-c3cc(C#CC(C)(C)O)cn4ncc(C#N)c34)cn2)cn1. The maximum absolute atomic E-state index is 10.1. The fourth-order valence-electron chi connectivity index (χ4n) is 5.94. The minimum absolute atomic E-state index is 0.138. The summed E-state index contributed by atoms with van der Waals surface area (Å²) in [4.78, 5) is 13.9. The normalized spacial score (nSPS) is 22.0. The van der Waals surface area contributed by atoms with Crippen LogP contribution in [0.4, 0.5) is 5.82 Å². The lowest BCUT2D eigenvalue weighted by Crippen LogP contribution is -2.69. The second-order valence-electron chi connectivity index (χ2n) is 11.6. The summed E-state index contributed by atoms with van der Waals surface area (Å²) in [5.41, 5.74) is 9.91. The number of aromatic nitrogens is 4. The molecule has 41 heavy (non-hydrogen) atoms. The van der Waals surface area contributed by atoms with Crippen molar-refractivity contribution in [3.8, 4) is 34.9 Å². The van der Waals surface area contributed by atoms with Gasteiger partial charge in [0, 0.05) is 72.6 Å². The lowest BCUT2D eigenvalue weighted by atomic mass is 9.85. The molecule has 0 spiro atoms. The largest absolute Gasteiger partial charge is 0.481 e. The number of ether oxygens (including phenoxy) is 1. The van der Waals surface area contributed by atoms with Crippen molar-refractivity contribution in [2.24, 2.45) is 5.73 Å². The van der Waals surface area contributed by atoms with Gasteiger partial charge in [-0.2, -0.15) is 10.4 Å². The molecule has 2 fully saturated rings. The standard InChI is InChI=1S/C31H32N8O2/c1-30(2,40)10-9-20-11-24(28-23(12-32)15-36-39(28)17-20)22-6-7-26(34-14-22)38-18-25-29(38)31(3,33)19-37(25)16-21-5-8-27(41-4)35-13-21/h5-8,11,13-15,17,25,29,40H,16,18-19,33H2,1-4H3/t25-,29+,31?/m0/s1. The Bertz CT molecular complexity index is 1700. The van der Waals surface area contributed by atoms with Crippen molar-refractivity contribution >= 4 is 11.3 Å². The smallest absolute Gasteiger partial charge is 0.212 e. The Hall–Kier alpha value is -4.48. The molecule has 0 radical (unpaired) electrons. The van der Waals surface area contributed by atoms with Crippen LogP contribution in [-0.4, -0.2) is 73.0 Å². The highest BCUT2D eigenvalue weighted by Crippen LogP contribution is 2.41. The number of hydrogen-bond acceptors (Lipinski definition) is 9. The van der Waals surface area contributed by atoms with Crippen molar-refractivity contribution in [1.82, 2.24) is 24.5 Å². The highest BCUT2D eigenvalue weighted by molar-refractivity contribution is 5.85. The lowest BCUT2D eigenvalue weighted by molar-refractivity contribution is 0.143. The van der Waals surface area contributed by atoms with E-state index in [0.29, 0.717) is 28.6 Å². The first-order chi connectivity index (χ1) is 19.6. The van der Waals surface area contributed by atoms with E-state index in [-0.39, 0.29) is 6.04 Å². The van der Waals surface area contributed by atoms with Crippen LogP contribution in [0, 0.1) is 23.2 Å². The zero-order chi connectivity index (χ0) is 28.9. The van der Waals surface area contributed by atoms with Crippen LogP contribution >= 0.6 is 0 Å². The van der Waals surface area contributed by atoms with E-state index in [1.54, 1.807) is 37.9 Å². The van der Waals surface area contributed by atoms with Crippen molar-refractivity contribution in [2.75, 3.05) is 25.1 Å². The molecule has 10 nitrogen and oxygen atoms in total. The summed E-state index contributed by atoms with van der Waals surface area (Å²) in [5, 5.41) is 24.1. The van der Waals surface area contributed by atoms with Crippen LogP contribution in [0.1, 0.15) is 37.5 Å². The molecule has 2 aliphatic rings. The maximum Gasteiger partial charge on any atom is 0.212 e. The molecule has 0 aliphatic carbocycles. The lowest BCUT2D eigenvalue weighted by Gasteiger charge is -2.51. The third-order valence-electron chi connectivity index (χ3n) is 7.76. The number of hydrogen-bond donors (Lipinski definition) is 2. The summed E-state index contributed by atoms with van der Waals surface area (Å²) in [7, 11) is 1.62. The number of anilines is 1. The monoisotopic (exact) mass is 548 g/mol. The van der Waals surface area contributed by atoms with Gasteiger partial charge < -0.3 is 20.5 Å². The number of rotatable bonds is 5. The minimum atomic E-state index is -1.13. The van der Waals surface area contributed by atoms with Crippen LogP contribution in [0.25, 0.3) is 16.6 Å². The number of methoxy groups -OCH3 is 1. The van der Waals surface area contributed by atoms with Crippen molar-refractivity contribution < 1.29 is 9.84 Å². The van der Waals surface area contributed by atoms with Gasteiger partial charge in [0.1, 0.15) is 17.5 Å². The number of fused-ring (bicyclic) bond motifs is 2. The van der Waals surface area contributed by atoms with Crippen molar-refractivity contribution in [3.63, 3.8) is 0 Å². The number of nitriles is 1. The van der Waals surface area contributed by atoms with E-state index >= 15 is 0 Å². The highest BCUT2D eigenvalue weighted by atomic mass is 16.5. The Kier molecular flexibility index (Phi) is 6.43. The molecule has 4 aromatic rings. The van der Waals surface area contributed by atoms with Crippen molar-refractivity contribution in [3.05, 3.63) is 71.8 Å². The molecule has 10 heteroatoms. The third kappa shape index (κ3) is 4.98. The molecule has 0 aromatic carbocycles. The van der Waals surface area contributed by atoms with Crippen LogP contribution in [0.5, 0.6) is 5.88 Å². The van der Waals surface area contributed by atoms with Gasteiger partial charge in [-0.25, -0.2) is 14.5 Å². The molecular formula is C31H32N8O2. The second kappa shape index (κ2) is 9.86. The van der Waals surface area contributed by atoms with Crippen LogP contribution < -0.4 is 15.4 Å². The van der Waals surface area contributed by atoms with E-state index in [9.17, 15) is 10.4 Å². The zero-order valence-electron chi connectivity index (χ0n) is 23.5. The van der Waals surface area contributed by atoms with Crippen molar-refractivity contribution in [1.29, 1.82) is 5.26 Å². The molecule has 3 N–H and O–H groups in total. The predicted octanol–water partition coefficient (Wildman–Crippen LogP) is 2.58. The molecule has 0 saturated carbocycles. The molecular weight excluding hydrogens is 516 g/mol. The van der Waals surface area contributed by atoms with E-state index < -0.39 is 11.1 Å². The predicted molar refractivity (Wildman–Crippen MR) is 155 cm³/mol. The van der Waals surface area contributed by atoms with Gasteiger partial charge in [0.15, 0.2) is 0 Å². The van der Waals surface area contributed by atoms with Gasteiger partial charge in [-0.05, 0) is 44.5 Å². The molecule has 2 aliphatic heterocycles. The molecule has 6 heterocycles. The molecule has 6 rings (SSSR count). The van der Waals surface area contributed by atoms with Crippen LogP contribution in [0.3, 0.4) is 0 Å². The van der Waals surface area contributed by atoms with Gasteiger partial charge in [0.2, 0.25) is 5.88 Å². The zero-order valence-corrected chi connectivity index (χ0v) is 23.5. The molecule has 208 valence electrons. The first-order valence-electron chi connectivity index (χ1n) is 13.5. The van der Waals surface area contributed by atoms with E-state index in [2.05, 4.69) is 44.7 Å². The Labute approximate surface area is 239 Å². The Morgan fingerprint density at radius 1 is 1.20 bits per heavy atom. The molecule has 0 amide bonds. The summed E-state index contributed by atoms with van der Waals surface area (Å²) in [5.74, 6) is 7.34. The van der Waals surface area contributed by atoms with Crippen LogP contribution in [0.2, 0.25) is 0 Å². The molecule has 4 aromatic heterocycles. The van der Waals surface area contributed by atoms with Crippen molar-refractivity contribution in [2.45, 2.75) is 50.5 Å². The first-order valence-corrected chi connectivity index (χ1v) is 13.5. The van der Waals surface area contributed by atoms with Crippen LogP contribution in [0.15, 0.2) is 55.1 Å². The first kappa shape index (κ1) is 26.7. The minimum Gasteiger partial charge on any atom is -0.481 e. The fraction of sp³-hybridized carbons (Fsp3) is 0.355. The number of pyridine rings is 3. The van der Waals surface area contributed by atoms with Gasteiger partial charge in [-0.3, -0.25) is 4.90 Å².